The van der Waals surface area contributed by atoms with Crippen LogP contribution in [0.5, 0.6) is 0 Å². The van der Waals surface area contributed by atoms with Crippen molar-refractivity contribution in [3.8, 4) is 0 Å². The summed E-state index contributed by atoms with van der Waals surface area (Å²) >= 11 is 0. The number of nitrogens with zero attached hydrogens (tertiary/aromatic N) is 2. The summed E-state index contributed by atoms with van der Waals surface area (Å²) in [7, 11) is 0. The Morgan fingerprint density at radius 2 is 1.68 bits per heavy atom. The molecule has 11 heteroatoms. The molecule has 0 bridgehead atoms. The second-order valence-corrected chi connectivity index (χ2v) is 18.6. The number of piperazine rings is 1. The fourth-order valence-corrected chi connectivity index (χ4v) is 11.5. The summed E-state index contributed by atoms with van der Waals surface area (Å²) in [6, 6.07) is -2.50. The maximum atomic E-state index is 14.9. The van der Waals surface area contributed by atoms with Gasteiger partial charge in [-0.3, -0.25) is 19.3 Å². The monoisotopic (exact) mass is 693 g/mol. The number of likely N-dealkylation sites (tertiary alicyclic amines) is 1. The van der Waals surface area contributed by atoms with E-state index in [1.54, 1.807) is 4.90 Å². The third-order valence-electron chi connectivity index (χ3n) is 15.0. The lowest BCUT2D eigenvalue weighted by Gasteiger charge is -2.39. The molecule has 7 rings (SSSR count). The van der Waals surface area contributed by atoms with Crippen LogP contribution in [0.4, 0.5) is 4.79 Å². The highest BCUT2D eigenvalue weighted by atomic mass is 16.2. The smallest absolute Gasteiger partial charge is 0.315 e. The summed E-state index contributed by atoms with van der Waals surface area (Å²) in [5.41, 5.74) is 6.96. The Morgan fingerprint density at radius 1 is 0.980 bits per heavy atom. The summed E-state index contributed by atoms with van der Waals surface area (Å²) in [5, 5.41) is 13.0. The number of nitrogens with two attached hydrogens (primary N) is 1. The maximum absolute atomic E-state index is 14.9. The molecular formula is C39H63N7O4. The molecule has 0 aromatic rings. The van der Waals surface area contributed by atoms with Crippen LogP contribution in [0.2, 0.25) is 0 Å². The van der Waals surface area contributed by atoms with Crippen molar-refractivity contribution in [2.24, 2.45) is 39.2 Å². The Morgan fingerprint density at radius 3 is 2.26 bits per heavy atom. The van der Waals surface area contributed by atoms with Crippen LogP contribution < -0.4 is 27.0 Å². The van der Waals surface area contributed by atoms with E-state index in [1.165, 1.54) is 25.7 Å². The molecule has 6 N–H and O–H groups in total. The van der Waals surface area contributed by atoms with Gasteiger partial charge in [0, 0.05) is 50.7 Å². The Balaban J connectivity index is 1.10. The molecule has 11 nitrogen and oxygen atoms in total. The number of ketones is 1. The largest absolute Gasteiger partial charge is 0.396 e. The standard InChI is InChI=1S/C39H63N7O4/c1-36(2,3)32(44-35(50)43-28(24-10-7-6-8-11-24)22-45-18-16-41-17-19-45)34(49)46-23-39(37(4,5)38(39)14-9-15-38)21-29(46)33(48)42-27-20-25-12-13-26(25)30(40)31(27)47/h24-25,27-29,32,41H,6-23,40H2,1-5H3,(H,42,48)(H2,43,44,50)/t25?,27?,28-,29+,32-,39-/m1/s1. The minimum atomic E-state index is -0.828. The van der Waals surface area contributed by atoms with Gasteiger partial charge in [-0.15, -0.1) is 0 Å². The van der Waals surface area contributed by atoms with Gasteiger partial charge < -0.3 is 31.9 Å². The predicted molar refractivity (Wildman–Crippen MR) is 193 cm³/mol. The molecule has 0 radical (unpaired) electrons. The van der Waals surface area contributed by atoms with E-state index in [1.807, 2.05) is 20.8 Å². The quantitative estimate of drug-likeness (QED) is 0.262. The molecule has 0 aromatic carbocycles. The number of fused-ring (bicyclic) bond motifs is 2. The minimum absolute atomic E-state index is 0.000309. The van der Waals surface area contributed by atoms with E-state index in [0.29, 0.717) is 31.0 Å². The second-order valence-electron chi connectivity index (χ2n) is 18.6. The number of rotatable bonds is 8. The number of carbonyl (C=O) groups is 4. The third-order valence-corrected chi connectivity index (χ3v) is 15.0. The number of nitrogens with one attached hydrogen (secondary N) is 4. The molecule has 50 heavy (non-hydrogen) atoms. The Kier molecular flexibility index (Phi) is 9.35. The van der Waals surface area contributed by atoms with Crippen molar-refractivity contribution in [3.05, 3.63) is 11.3 Å². The lowest BCUT2D eigenvalue weighted by atomic mass is 9.69. The molecule has 2 heterocycles. The number of Topliss-reactive ketones (excluding diaryl/α,β-unsaturated/α-hetero) is 1. The number of urea groups is 1. The van der Waals surface area contributed by atoms with Crippen LogP contribution in [-0.4, -0.2) is 96.9 Å². The fourth-order valence-electron chi connectivity index (χ4n) is 11.5. The number of amides is 4. The highest BCUT2D eigenvalue weighted by Crippen LogP contribution is 2.88. The summed E-state index contributed by atoms with van der Waals surface area (Å²) in [6.07, 6.45) is 12.2. The van der Waals surface area contributed by atoms with E-state index in [0.717, 1.165) is 76.8 Å². The fraction of sp³-hybridized carbons (Fsp3) is 0.846. The molecule has 0 aromatic heterocycles. The summed E-state index contributed by atoms with van der Waals surface area (Å²) in [5.74, 6) is -0.0156. The lowest BCUT2D eigenvalue weighted by Crippen LogP contribution is -2.61. The zero-order chi connectivity index (χ0) is 35.6. The van der Waals surface area contributed by atoms with Gasteiger partial charge in [0.25, 0.3) is 0 Å². The van der Waals surface area contributed by atoms with Crippen LogP contribution in [0.1, 0.15) is 112 Å². The van der Waals surface area contributed by atoms with Gasteiger partial charge in [-0.1, -0.05) is 60.3 Å². The molecular weight excluding hydrogens is 630 g/mol. The highest BCUT2D eigenvalue weighted by Gasteiger charge is 2.85. The maximum Gasteiger partial charge on any atom is 0.315 e. The van der Waals surface area contributed by atoms with Gasteiger partial charge >= 0.3 is 6.03 Å². The first-order valence-corrected chi connectivity index (χ1v) is 19.8. The average Bonchev–Trinajstić information content (AvgIpc) is 3.26. The number of allylic oxidation sites excluding steroid dienone is 1. The van der Waals surface area contributed by atoms with E-state index in [4.69, 9.17) is 5.73 Å². The zero-order valence-corrected chi connectivity index (χ0v) is 31.3. The Bertz CT molecular complexity index is 1400. The topological polar surface area (TPSA) is 149 Å². The first kappa shape index (κ1) is 35.7. The van der Waals surface area contributed by atoms with Crippen LogP contribution in [0.25, 0.3) is 0 Å². The molecule has 4 saturated carbocycles. The van der Waals surface area contributed by atoms with Gasteiger partial charge in [-0.2, -0.15) is 0 Å². The van der Waals surface area contributed by atoms with Crippen molar-refractivity contribution >= 4 is 23.6 Å². The molecule has 278 valence electrons. The van der Waals surface area contributed by atoms with Crippen molar-refractivity contribution in [2.45, 2.75) is 136 Å². The highest BCUT2D eigenvalue weighted by molar-refractivity contribution is 6.03. The first-order chi connectivity index (χ1) is 23.7. The molecule has 2 unspecified atom stereocenters. The van der Waals surface area contributed by atoms with Gasteiger partial charge in [-0.05, 0) is 85.0 Å². The Hall–Kier alpha value is -2.66. The molecule has 7 aliphatic rings. The summed E-state index contributed by atoms with van der Waals surface area (Å²) in [6.45, 7) is 15.7. The zero-order valence-electron chi connectivity index (χ0n) is 31.3. The van der Waals surface area contributed by atoms with Crippen LogP contribution in [0, 0.1) is 33.5 Å². The number of hydrogen-bond donors (Lipinski definition) is 5. The average molecular weight is 694 g/mol. The van der Waals surface area contributed by atoms with Crippen molar-refractivity contribution in [1.82, 2.24) is 31.1 Å². The van der Waals surface area contributed by atoms with Crippen LogP contribution in [0.15, 0.2) is 11.3 Å². The van der Waals surface area contributed by atoms with Crippen molar-refractivity contribution < 1.29 is 19.2 Å². The summed E-state index contributed by atoms with van der Waals surface area (Å²) in [4.78, 5) is 60.6. The van der Waals surface area contributed by atoms with Gasteiger partial charge in [0.1, 0.15) is 12.1 Å². The molecule has 4 amide bonds. The lowest BCUT2D eigenvalue weighted by molar-refractivity contribution is -0.142. The normalized spacial score (nSPS) is 33.3. The molecule has 6 fully saturated rings. The third kappa shape index (κ3) is 5.86. The van der Waals surface area contributed by atoms with Crippen molar-refractivity contribution in [1.29, 1.82) is 0 Å². The molecule has 6 atom stereocenters. The molecule has 2 spiro atoms. The van der Waals surface area contributed by atoms with E-state index < -0.39 is 23.5 Å². The van der Waals surface area contributed by atoms with Crippen molar-refractivity contribution in [2.75, 3.05) is 39.3 Å². The second kappa shape index (κ2) is 13.1. The van der Waals surface area contributed by atoms with Crippen LogP contribution in [0.3, 0.4) is 0 Å². The van der Waals surface area contributed by atoms with Gasteiger partial charge in [-0.25, -0.2) is 4.79 Å². The SMILES string of the molecule is CC(C)(C)[C@H](NC(=O)N[C@H](CN1CCNCC1)C1CCCCC1)C(=O)N1C[C@]2(C[C@H]1C(=O)NC1CC3CCC3=C(N)C1=O)C(C)(C)C21CCC1. The predicted octanol–water partition coefficient (Wildman–Crippen LogP) is 3.43. The minimum Gasteiger partial charge on any atom is -0.396 e. The van der Waals surface area contributed by atoms with Crippen LogP contribution >= 0.6 is 0 Å². The van der Waals surface area contributed by atoms with E-state index >= 15 is 0 Å². The Labute approximate surface area is 299 Å². The molecule has 5 aliphatic carbocycles. The van der Waals surface area contributed by atoms with Crippen LogP contribution in [-0.2, 0) is 14.4 Å². The summed E-state index contributed by atoms with van der Waals surface area (Å²) < 4.78 is 0. The van der Waals surface area contributed by atoms with Gasteiger partial charge in [0.05, 0.1) is 11.7 Å². The van der Waals surface area contributed by atoms with Gasteiger partial charge in [0.2, 0.25) is 17.6 Å². The number of carbonyl (C=O) groups excluding carboxylic acids is 4. The van der Waals surface area contributed by atoms with Crippen molar-refractivity contribution in [3.63, 3.8) is 0 Å². The molecule has 2 aliphatic heterocycles. The molecule has 2 saturated heterocycles. The first-order valence-electron chi connectivity index (χ1n) is 19.8. The van der Waals surface area contributed by atoms with E-state index in [2.05, 4.69) is 40.0 Å². The number of hydrogen-bond acceptors (Lipinski definition) is 7. The van der Waals surface area contributed by atoms with E-state index in [9.17, 15) is 19.2 Å². The van der Waals surface area contributed by atoms with E-state index in [-0.39, 0.29) is 51.8 Å². The van der Waals surface area contributed by atoms with Gasteiger partial charge in [0.15, 0.2) is 0 Å².